The number of aromatic nitrogens is 1. The highest BCUT2D eigenvalue weighted by atomic mass is 32.1. The van der Waals surface area contributed by atoms with Gasteiger partial charge in [0.25, 0.3) is 5.91 Å². The molecule has 1 saturated heterocycles. The van der Waals surface area contributed by atoms with Gasteiger partial charge in [0.1, 0.15) is 5.82 Å². The summed E-state index contributed by atoms with van der Waals surface area (Å²) >= 11 is 0.833. The summed E-state index contributed by atoms with van der Waals surface area (Å²) < 4.78 is 5.30. The minimum Gasteiger partial charge on any atom is -0.378 e. The van der Waals surface area contributed by atoms with E-state index in [9.17, 15) is 14.9 Å². The molecule has 8 nitrogen and oxygen atoms in total. The fraction of sp³-hybridized carbons (Fsp3) is 0.286. The molecule has 1 aliphatic heterocycles. The van der Waals surface area contributed by atoms with Gasteiger partial charge in [0.15, 0.2) is 0 Å². The normalized spacial score (nSPS) is 14.5. The van der Waals surface area contributed by atoms with Crippen molar-refractivity contribution < 1.29 is 14.5 Å². The number of nitrogens with one attached hydrogen (secondary N) is 1. The molecule has 9 heteroatoms. The molecule has 120 valence electrons. The van der Waals surface area contributed by atoms with Crippen molar-refractivity contribution in [3.05, 3.63) is 45.5 Å². The molecular weight excluding hydrogens is 320 g/mol. The molecule has 23 heavy (non-hydrogen) atoms. The molecular formula is C14H14N4O4S. The molecule has 0 aliphatic carbocycles. The number of anilines is 2. The first-order chi connectivity index (χ1) is 11.1. The molecule has 1 fully saturated rings. The van der Waals surface area contributed by atoms with Crippen molar-refractivity contribution >= 4 is 33.8 Å². The lowest BCUT2D eigenvalue weighted by Crippen LogP contribution is -2.36. The molecule has 1 amide bonds. The van der Waals surface area contributed by atoms with Crippen LogP contribution in [0.15, 0.2) is 30.5 Å². The van der Waals surface area contributed by atoms with Gasteiger partial charge in [-0.2, -0.15) is 0 Å². The highest BCUT2D eigenvalue weighted by Crippen LogP contribution is 2.24. The van der Waals surface area contributed by atoms with Gasteiger partial charge in [0.2, 0.25) is 0 Å². The van der Waals surface area contributed by atoms with Crippen LogP contribution in [0.2, 0.25) is 0 Å². The van der Waals surface area contributed by atoms with E-state index in [0.29, 0.717) is 19.0 Å². The minimum absolute atomic E-state index is 0.0641. The summed E-state index contributed by atoms with van der Waals surface area (Å²) in [6, 6.07) is 6.34. The van der Waals surface area contributed by atoms with Gasteiger partial charge in [-0.25, -0.2) is 4.98 Å². The number of ether oxygens (including phenoxy) is 1. The number of carbonyl (C=O) groups excluding carboxylic acids is 1. The molecule has 3 rings (SSSR count). The van der Waals surface area contributed by atoms with Crippen LogP contribution in [0.5, 0.6) is 0 Å². The maximum absolute atomic E-state index is 12.0. The summed E-state index contributed by atoms with van der Waals surface area (Å²) in [5.74, 6) is -0.00205. The van der Waals surface area contributed by atoms with Crippen LogP contribution in [0.3, 0.4) is 0 Å². The number of carbonyl (C=O) groups is 1. The van der Waals surface area contributed by atoms with Crippen molar-refractivity contribution in [2.24, 2.45) is 0 Å². The Balaban J connectivity index is 1.65. The Labute approximate surface area is 135 Å². The van der Waals surface area contributed by atoms with Crippen molar-refractivity contribution in [2.75, 3.05) is 36.5 Å². The first-order valence-electron chi connectivity index (χ1n) is 6.98. The zero-order chi connectivity index (χ0) is 16.2. The van der Waals surface area contributed by atoms with Crippen LogP contribution < -0.4 is 10.2 Å². The monoisotopic (exact) mass is 334 g/mol. The van der Waals surface area contributed by atoms with Crippen molar-refractivity contribution in [1.29, 1.82) is 0 Å². The maximum atomic E-state index is 12.0. The zero-order valence-corrected chi connectivity index (χ0v) is 12.9. The number of nitrogens with zero attached hydrogens (tertiary/aromatic N) is 3. The number of rotatable bonds is 4. The Morgan fingerprint density at radius 3 is 2.70 bits per heavy atom. The average Bonchev–Trinajstić information content (AvgIpc) is 3.07. The number of pyridine rings is 1. The highest BCUT2D eigenvalue weighted by molar-refractivity contribution is 7.17. The maximum Gasteiger partial charge on any atom is 0.324 e. The molecule has 0 spiro atoms. The van der Waals surface area contributed by atoms with Crippen LogP contribution in [-0.2, 0) is 4.74 Å². The molecule has 0 atom stereocenters. The van der Waals surface area contributed by atoms with Gasteiger partial charge in [-0.1, -0.05) is 11.3 Å². The van der Waals surface area contributed by atoms with Crippen LogP contribution in [0.4, 0.5) is 16.5 Å². The topological polar surface area (TPSA) is 97.6 Å². The third kappa shape index (κ3) is 3.63. The summed E-state index contributed by atoms with van der Waals surface area (Å²) in [6.45, 7) is 3.00. The van der Waals surface area contributed by atoms with Crippen LogP contribution >= 0.6 is 11.3 Å². The first kappa shape index (κ1) is 15.4. The number of amides is 1. The predicted molar refractivity (Wildman–Crippen MR) is 86.2 cm³/mol. The van der Waals surface area contributed by atoms with E-state index >= 15 is 0 Å². The molecule has 3 heterocycles. The van der Waals surface area contributed by atoms with Gasteiger partial charge in [-0.05, 0) is 18.2 Å². The third-order valence-electron chi connectivity index (χ3n) is 3.36. The summed E-state index contributed by atoms with van der Waals surface area (Å²) in [7, 11) is 0. The zero-order valence-electron chi connectivity index (χ0n) is 12.1. The molecule has 0 aromatic carbocycles. The average molecular weight is 334 g/mol. The number of hydrogen-bond donors (Lipinski definition) is 1. The lowest BCUT2D eigenvalue weighted by atomic mass is 10.3. The number of morpholine rings is 1. The smallest absolute Gasteiger partial charge is 0.324 e. The summed E-state index contributed by atoms with van der Waals surface area (Å²) in [5.41, 5.74) is 0.970. The van der Waals surface area contributed by atoms with Crippen LogP contribution in [0.25, 0.3) is 0 Å². The number of thiophene rings is 1. The van der Waals surface area contributed by atoms with E-state index in [4.69, 9.17) is 4.74 Å². The molecule has 1 aliphatic rings. The molecule has 0 radical (unpaired) electrons. The molecule has 2 aromatic rings. The highest BCUT2D eigenvalue weighted by Gasteiger charge is 2.16. The largest absolute Gasteiger partial charge is 0.378 e. The lowest BCUT2D eigenvalue weighted by molar-refractivity contribution is -0.380. The van der Waals surface area contributed by atoms with Gasteiger partial charge in [0.05, 0.1) is 34.9 Å². The van der Waals surface area contributed by atoms with E-state index in [2.05, 4.69) is 15.2 Å². The Kier molecular flexibility index (Phi) is 4.49. The Morgan fingerprint density at radius 2 is 2.09 bits per heavy atom. The van der Waals surface area contributed by atoms with Gasteiger partial charge in [0, 0.05) is 19.2 Å². The van der Waals surface area contributed by atoms with Crippen molar-refractivity contribution in [3.63, 3.8) is 0 Å². The van der Waals surface area contributed by atoms with Crippen molar-refractivity contribution in [3.8, 4) is 0 Å². The van der Waals surface area contributed by atoms with Gasteiger partial charge < -0.3 is 15.0 Å². The Morgan fingerprint density at radius 1 is 1.30 bits per heavy atom. The number of hydrogen-bond acceptors (Lipinski definition) is 7. The van der Waals surface area contributed by atoms with Gasteiger partial charge in [-0.15, -0.1) is 0 Å². The van der Waals surface area contributed by atoms with Crippen molar-refractivity contribution in [2.45, 2.75) is 0 Å². The Bertz CT molecular complexity index is 710. The van der Waals surface area contributed by atoms with Gasteiger partial charge >= 0.3 is 5.00 Å². The standard InChI is InChI=1S/C14H14N4O4S/c19-14(11-2-4-13(23-11)18(20)21)16-12-3-1-10(9-15-12)17-5-7-22-8-6-17/h1-4,9H,5-8H2,(H,15,16,19). The first-order valence-corrected chi connectivity index (χ1v) is 7.79. The molecule has 0 unspecified atom stereocenters. The Hall–Kier alpha value is -2.52. The quantitative estimate of drug-likeness (QED) is 0.679. The van der Waals surface area contributed by atoms with E-state index in [1.165, 1.54) is 12.1 Å². The van der Waals surface area contributed by atoms with E-state index < -0.39 is 10.8 Å². The molecule has 2 aromatic heterocycles. The van der Waals surface area contributed by atoms with E-state index in [-0.39, 0.29) is 9.88 Å². The van der Waals surface area contributed by atoms with Gasteiger partial charge in [-0.3, -0.25) is 14.9 Å². The lowest BCUT2D eigenvalue weighted by Gasteiger charge is -2.28. The summed E-state index contributed by atoms with van der Waals surface area (Å²) in [4.78, 5) is 28.8. The minimum atomic E-state index is -0.517. The van der Waals surface area contributed by atoms with E-state index in [1.807, 2.05) is 6.07 Å². The second-order valence-corrected chi connectivity index (χ2v) is 5.91. The SMILES string of the molecule is O=C(Nc1ccc(N2CCOCC2)cn1)c1ccc([N+](=O)[O-])s1. The number of nitro groups is 1. The third-order valence-corrected chi connectivity index (χ3v) is 4.40. The van der Waals surface area contributed by atoms with Crippen LogP contribution in [0, 0.1) is 10.1 Å². The van der Waals surface area contributed by atoms with E-state index in [1.54, 1.807) is 12.3 Å². The molecule has 0 saturated carbocycles. The second kappa shape index (κ2) is 6.71. The fourth-order valence-electron chi connectivity index (χ4n) is 2.19. The molecule has 0 bridgehead atoms. The van der Waals surface area contributed by atoms with E-state index in [0.717, 1.165) is 30.1 Å². The second-order valence-electron chi connectivity index (χ2n) is 4.85. The predicted octanol–water partition coefficient (Wildman–Crippen LogP) is 2.14. The van der Waals surface area contributed by atoms with Crippen LogP contribution in [0.1, 0.15) is 9.67 Å². The molecule has 1 N–H and O–H groups in total. The summed E-state index contributed by atoms with van der Waals surface area (Å²) in [6.07, 6.45) is 1.69. The fourth-order valence-corrected chi connectivity index (χ4v) is 2.91. The van der Waals surface area contributed by atoms with Crippen LogP contribution in [-0.4, -0.2) is 42.1 Å². The van der Waals surface area contributed by atoms with Crippen molar-refractivity contribution in [1.82, 2.24) is 4.98 Å². The summed E-state index contributed by atoms with van der Waals surface area (Å²) in [5, 5.41) is 13.2.